The minimum absolute atomic E-state index is 0.0826. The molecule has 1 spiro atoms. The highest BCUT2D eigenvalue weighted by atomic mass is 16.5. The Morgan fingerprint density at radius 2 is 1.95 bits per heavy atom. The van der Waals surface area contributed by atoms with E-state index in [-0.39, 0.29) is 11.1 Å². The predicted octanol–water partition coefficient (Wildman–Crippen LogP) is 4.08. The lowest BCUT2D eigenvalue weighted by molar-refractivity contribution is -0.105. The monoisotopic (exact) mass is 287 g/mol. The van der Waals surface area contributed by atoms with Crippen molar-refractivity contribution in [2.24, 2.45) is 11.7 Å². The fourth-order valence-electron chi connectivity index (χ4n) is 4.42. The van der Waals surface area contributed by atoms with Crippen LogP contribution in [0.2, 0.25) is 0 Å². The van der Waals surface area contributed by atoms with Crippen molar-refractivity contribution < 1.29 is 4.74 Å². The summed E-state index contributed by atoms with van der Waals surface area (Å²) in [6.45, 7) is 3.15. The SMILES string of the molecule is CCC(N)(Cc1ccccc1)C1CCOC2(CCCC2)C1. The van der Waals surface area contributed by atoms with E-state index in [2.05, 4.69) is 37.3 Å². The molecule has 21 heavy (non-hydrogen) atoms. The maximum Gasteiger partial charge on any atom is 0.0685 e. The minimum Gasteiger partial charge on any atom is -0.375 e. The van der Waals surface area contributed by atoms with Gasteiger partial charge in [-0.25, -0.2) is 0 Å². The zero-order valence-electron chi connectivity index (χ0n) is 13.3. The molecule has 2 unspecified atom stereocenters. The summed E-state index contributed by atoms with van der Waals surface area (Å²) in [5.74, 6) is 0.592. The Morgan fingerprint density at radius 3 is 2.62 bits per heavy atom. The van der Waals surface area contributed by atoms with Gasteiger partial charge in [-0.3, -0.25) is 0 Å². The van der Waals surface area contributed by atoms with Crippen LogP contribution in [0.3, 0.4) is 0 Å². The molecule has 0 radical (unpaired) electrons. The summed E-state index contributed by atoms with van der Waals surface area (Å²) < 4.78 is 6.19. The lowest BCUT2D eigenvalue weighted by atomic mass is 9.70. The highest BCUT2D eigenvalue weighted by molar-refractivity contribution is 5.18. The Morgan fingerprint density at radius 1 is 1.24 bits per heavy atom. The van der Waals surface area contributed by atoms with Crippen LogP contribution in [0.1, 0.15) is 57.4 Å². The molecule has 2 atom stereocenters. The van der Waals surface area contributed by atoms with Crippen LogP contribution < -0.4 is 5.73 Å². The molecular formula is C19H29NO. The maximum absolute atomic E-state index is 6.90. The van der Waals surface area contributed by atoms with Crippen LogP contribution in [0.5, 0.6) is 0 Å². The Kier molecular flexibility index (Phi) is 4.37. The Labute approximate surface area is 129 Å². The topological polar surface area (TPSA) is 35.2 Å². The summed E-state index contributed by atoms with van der Waals surface area (Å²) in [6.07, 6.45) is 9.48. The van der Waals surface area contributed by atoms with Crippen molar-refractivity contribution in [2.75, 3.05) is 6.61 Å². The van der Waals surface area contributed by atoms with Crippen molar-refractivity contribution in [1.29, 1.82) is 0 Å². The Bertz CT molecular complexity index is 452. The van der Waals surface area contributed by atoms with Crippen LogP contribution in [0.4, 0.5) is 0 Å². The molecule has 1 aromatic carbocycles. The van der Waals surface area contributed by atoms with Crippen LogP contribution in [0.25, 0.3) is 0 Å². The van der Waals surface area contributed by atoms with Gasteiger partial charge in [0.1, 0.15) is 0 Å². The third kappa shape index (κ3) is 3.17. The molecule has 1 aromatic rings. The quantitative estimate of drug-likeness (QED) is 0.905. The molecule has 1 aliphatic heterocycles. The van der Waals surface area contributed by atoms with Crippen LogP contribution >= 0.6 is 0 Å². The second-order valence-electron chi connectivity index (χ2n) is 7.18. The van der Waals surface area contributed by atoms with Crippen molar-refractivity contribution in [3.8, 4) is 0 Å². The average molecular weight is 287 g/mol. The first-order valence-electron chi connectivity index (χ1n) is 8.63. The number of nitrogens with two attached hydrogens (primary N) is 1. The van der Waals surface area contributed by atoms with Crippen LogP contribution in [-0.2, 0) is 11.2 Å². The Hall–Kier alpha value is -0.860. The van der Waals surface area contributed by atoms with Gasteiger partial charge in [-0.15, -0.1) is 0 Å². The molecular weight excluding hydrogens is 258 g/mol. The van der Waals surface area contributed by atoms with Crippen molar-refractivity contribution in [3.63, 3.8) is 0 Å². The van der Waals surface area contributed by atoms with Gasteiger partial charge < -0.3 is 10.5 Å². The zero-order valence-corrected chi connectivity index (χ0v) is 13.3. The van der Waals surface area contributed by atoms with Gasteiger partial charge in [0.2, 0.25) is 0 Å². The van der Waals surface area contributed by atoms with Gasteiger partial charge in [-0.05, 0) is 50.0 Å². The normalized spacial score (nSPS) is 27.6. The molecule has 2 fully saturated rings. The number of hydrogen-bond donors (Lipinski definition) is 1. The fourth-order valence-corrected chi connectivity index (χ4v) is 4.42. The van der Waals surface area contributed by atoms with Crippen molar-refractivity contribution in [3.05, 3.63) is 35.9 Å². The molecule has 116 valence electrons. The smallest absolute Gasteiger partial charge is 0.0685 e. The molecule has 0 amide bonds. The molecule has 2 heteroatoms. The molecule has 1 aliphatic carbocycles. The van der Waals surface area contributed by atoms with E-state index in [0.717, 1.165) is 25.9 Å². The van der Waals surface area contributed by atoms with E-state index in [4.69, 9.17) is 10.5 Å². The molecule has 1 saturated heterocycles. The van der Waals surface area contributed by atoms with E-state index >= 15 is 0 Å². The molecule has 3 rings (SSSR count). The zero-order chi connectivity index (χ0) is 14.8. The molecule has 0 aromatic heterocycles. The van der Waals surface area contributed by atoms with Crippen LogP contribution in [0, 0.1) is 5.92 Å². The largest absolute Gasteiger partial charge is 0.375 e. The summed E-state index contributed by atoms with van der Waals surface area (Å²) in [5, 5.41) is 0. The average Bonchev–Trinajstić information content (AvgIpc) is 2.96. The third-order valence-electron chi connectivity index (χ3n) is 5.86. The van der Waals surface area contributed by atoms with Gasteiger partial charge in [0.15, 0.2) is 0 Å². The van der Waals surface area contributed by atoms with Gasteiger partial charge >= 0.3 is 0 Å². The maximum atomic E-state index is 6.90. The fraction of sp³-hybridized carbons (Fsp3) is 0.684. The molecule has 0 bridgehead atoms. The van der Waals surface area contributed by atoms with Gasteiger partial charge in [0.05, 0.1) is 5.60 Å². The molecule has 1 heterocycles. The van der Waals surface area contributed by atoms with Crippen molar-refractivity contribution in [1.82, 2.24) is 0 Å². The third-order valence-corrected chi connectivity index (χ3v) is 5.86. The van der Waals surface area contributed by atoms with E-state index in [9.17, 15) is 0 Å². The number of hydrogen-bond acceptors (Lipinski definition) is 2. The van der Waals surface area contributed by atoms with E-state index in [1.807, 2.05) is 0 Å². The first-order valence-corrected chi connectivity index (χ1v) is 8.63. The lowest BCUT2D eigenvalue weighted by Gasteiger charge is -2.46. The van der Waals surface area contributed by atoms with Crippen molar-refractivity contribution >= 4 is 0 Å². The Balaban J connectivity index is 1.75. The van der Waals surface area contributed by atoms with E-state index in [1.165, 1.54) is 37.7 Å². The van der Waals surface area contributed by atoms with E-state index < -0.39 is 0 Å². The lowest BCUT2D eigenvalue weighted by Crippen LogP contribution is -2.54. The summed E-state index contributed by atoms with van der Waals surface area (Å²) in [4.78, 5) is 0. The minimum atomic E-state index is -0.0826. The highest BCUT2D eigenvalue weighted by Crippen LogP contribution is 2.45. The van der Waals surface area contributed by atoms with Crippen LogP contribution in [0.15, 0.2) is 30.3 Å². The first kappa shape index (κ1) is 15.1. The summed E-state index contributed by atoms with van der Waals surface area (Å²) >= 11 is 0. The van der Waals surface area contributed by atoms with E-state index in [1.54, 1.807) is 0 Å². The van der Waals surface area contributed by atoms with Gasteiger partial charge in [-0.1, -0.05) is 50.1 Å². The van der Waals surface area contributed by atoms with E-state index in [0.29, 0.717) is 5.92 Å². The number of benzene rings is 1. The summed E-state index contributed by atoms with van der Waals surface area (Å²) in [5.41, 5.74) is 8.35. The summed E-state index contributed by atoms with van der Waals surface area (Å²) in [6, 6.07) is 10.7. The van der Waals surface area contributed by atoms with Gasteiger partial charge in [0, 0.05) is 12.1 Å². The number of ether oxygens (including phenoxy) is 1. The molecule has 2 nitrogen and oxygen atoms in total. The predicted molar refractivity (Wildman–Crippen MR) is 87.2 cm³/mol. The standard InChI is InChI=1S/C19H29NO/c1-2-19(20,14-16-8-4-3-5-9-16)17-10-13-21-18(15-17)11-6-7-12-18/h3-5,8-9,17H,2,6-7,10-15,20H2,1H3. The first-order chi connectivity index (χ1) is 10.2. The van der Waals surface area contributed by atoms with Crippen LogP contribution in [-0.4, -0.2) is 17.7 Å². The van der Waals surface area contributed by atoms with Gasteiger partial charge in [-0.2, -0.15) is 0 Å². The molecule has 2 N–H and O–H groups in total. The van der Waals surface area contributed by atoms with Crippen molar-refractivity contribution in [2.45, 2.75) is 69.4 Å². The number of rotatable bonds is 4. The summed E-state index contributed by atoms with van der Waals surface area (Å²) in [7, 11) is 0. The highest BCUT2D eigenvalue weighted by Gasteiger charge is 2.45. The second kappa shape index (κ2) is 6.10. The molecule has 1 saturated carbocycles. The second-order valence-corrected chi connectivity index (χ2v) is 7.18. The van der Waals surface area contributed by atoms with Gasteiger partial charge in [0.25, 0.3) is 0 Å². The molecule has 2 aliphatic rings.